The highest BCUT2D eigenvalue weighted by molar-refractivity contribution is 5.77. The monoisotopic (exact) mass is 236 g/mol. The van der Waals surface area contributed by atoms with Gasteiger partial charge in [-0.15, -0.1) is 0 Å². The number of fused-ring (bicyclic) bond motifs is 2. The quantitative estimate of drug-likeness (QED) is 0.804. The van der Waals surface area contributed by atoms with Gasteiger partial charge in [0.05, 0.1) is 6.04 Å². The summed E-state index contributed by atoms with van der Waals surface area (Å²) in [4.78, 5) is 14.4. The van der Waals surface area contributed by atoms with Gasteiger partial charge in [0.1, 0.15) is 0 Å². The topological polar surface area (TPSA) is 32.3 Å². The first-order valence-corrected chi connectivity index (χ1v) is 7.28. The predicted octanol–water partition coefficient (Wildman–Crippen LogP) is 1.63. The summed E-state index contributed by atoms with van der Waals surface area (Å²) < 4.78 is 0. The van der Waals surface area contributed by atoms with Gasteiger partial charge in [-0.2, -0.15) is 0 Å². The molecule has 3 heteroatoms. The maximum atomic E-state index is 12.3. The third kappa shape index (κ3) is 2.10. The van der Waals surface area contributed by atoms with Crippen molar-refractivity contribution in [1.29, 1.82) is 0 Å². The number of rotatable bonds is 4. The molecule has 96 valence electrons. The van der Waals surface area contributed by atoms with Crippen LogP contribution in [-0.2, 0) is 4.79 Å². The fourth-order valence-electron chi connectivity index (χ4n) is 4.10. The third-order valence-electron chi connectivity index (χ3n) is 5.18. The van der Waals surface area contributed by atoms with Crippen molar-refractivity contribution >= 4 is 5.91 Å². The molecule has 1 N–H and O–H groups in total. The van der Waals surface area contributed by atoms with E-state index in [4.69, 9.17) is 0 Å². The number of likely N-dealkylation sites (N-methyl/N-ethyl adjacent to an activating group) is 1. The van der Waals surface area contributed by atoms with E-state index in [2.05, 4.69) is 17.1 Å². The zero-order valence-electron chi connectivity index (χ0n) is 10.8. The lowest BCUT2D eigenvalue weighted by Gasteiger charge is -2.38. The van der Waals surface area contributed by atoms with E-state index < -0.39 is 0 Å². The second-order valence-electron chi connectivity index (χ2n) is 6.13. The third-order valence-corrected chi connectivity index (χ3v) is 5.18. The van der Waals surface area contributed by atoms with Crippen LogP contribution >= 0.6 is 0 Å². The molecule has 1 amide bonds. The molecule has 2 saturated carbocycles. The minimum Gasteiger partial charge on any atom is -0.337 e. The molecular formula is C14H24N2O. The van der Waals surface area contributed by atoms with Crippen molar-refractivity contribution in [2.45, 2.75) is 45.1 Å². The van der Waals surface area contributed by atoms with E-state index in [1.807, 2.05) is 0 Å². The van der Waals surface area contributed by atoms with Gasteiger partial charge in [-0.3, -0.25) is 4.79 Å². The van der Waals surface area contributed by atoms with Gasteiger partial charge in [0.15, 0.2) is 0 Å². The second kappa shape index (κ2) is 4.60. The largest absolute Gasteiger partial charge is 0.337 e. The van der Waals surface area contributed by atoms with Crippen molar-refractivity contribution in [3.05, 3.63) is 0 Å². The first kappa shape index (κ1) is 11.5. The molecule has 0 aromatic carbocycles. The van der Waals surface area contributed by atoms with Crippen molar-refractivity contribution in [2.75, 3.05) is 19.6 Å². The smallest absolute Gasteiger partial charge is 0.223 e. The van der Waals surface area contributed by atoms with Crippen molar-refractivity contribution in [3.8, 4) is 0 Å². The Morgan fingerprint density at radius 1 is 1.29 bits per heavy atom. The van der Waals surface area contributed by atoms with Crippen molar-refractivity contribution in [3.63, 3.8) is 0 Å². The molecule has 17 heavy (non-hydrogen) atoms. The van der Waals surface area contributed by atoms with Gasteiger partial charge in [0, 0.05) is 26.1 Å². The summed E-state index contributed by atoms with van der Waals surface area (Å²) in [6, 6.07) is 0.478. The second-order valence-corrected chi connectivity index (χ2v) is 6.13. The van der Waals surface area contributed by atoms with Crippen molar-refractivity contribution < 1.29 is 4.79 Å². The van der Waals surface area contributed by atoms with E-state index in [0.717, 1.165) is 37.9 Å². The molecule has 1 aliphatic heterocycles. The minimum absolute atomic E-state index is 0.413. The lowest BCUT2D eigenvalue weighted by atomic mass is 9.86. The lowest BCUT2D eigenvalue weighted by molar-refractivity contribution is -0.135. The van der Waals surface area contributed by atoms with Crippen LogP contribution in [-0.4, -0.2) is 36.5 Å². The number of nitrogens with one attached hydrogen (secondary N) is 1. The molecule has 0 spiro atoms. The molecule has 1 saturated heterocycles. The van der Waals surface area contributed by atoms with Crippen LogP contribution < -0.4 is 5.32 Å². The summed E-state index contributed by atoms with van der Waals surface area (Å²) in [6.45, 7) is 4.98. The molecule has 3 atom stereocenters. The minimum atomic E-state index is 0.413. The molecule has 0 radical (unpaired) electrons. The van der Waals surface area contributed by atoms with E-state index in [9.17, 15) is 4.79 Å². The zero-order valence-corrected chi connectivity index (χ0v) is 10.8. The van der Waals surface area contributed by atoms with Gasteiger partial charge >= 0.3 is 0 Å². The average molecular weight is 236 g/mol. The zero-order chi connectivity index (χ0) is 11.8. The summed E-state index contributed by atoms with van der Waals surface area (Å²) >= 11 is 0. The van der Waals surface area contributed by atoms with Gasteiger partial charge in [-0.1, -0.05) is 6.42 Å². The number of hydrogen-bond donors (Lipinski definition) is 1. The summed E-state index contributed by atoms with van der Waals surface area (Å²) in [6.07, 6.45) is 6.39. The highest BCUT2D eigenvalue weighted by Gasteiger charge is 2.41. The van der Waals surface area contributed by atoms with E-state index in [1.54, 1.807) is 0 Å². The van der Waals surface area contributed by atoms with Gasteiger partial charge in [0.25, 0.3) is 0 Å². The van der Waals surface area contributed by atoms with Crippen LogP contribution in [0.5, 0.6) is 0 Å². The first-order chi connectivity index (χ1) is 8.28. The van der Waals surface area contributed by atoms with Crippen LogP contribution in [0.2, 0.25) is 0 Å². The van der Waals surface area contributed by atoms with E-state index in [0.29, 0.717) is 17.9 Å². The number of carbonyl (C=O) groups excluding carboxylic acids is 1. The molecule has 0 aromatic rings. The van der Waals surface area contributed by atoms with Gasteiger partial charge in [0.2, 0.25) is 5.91 Å². The molecule has 3 rings (SSSR count). The molecule has 2 aliphatic carbocycles. The van der Waals surface area contributed by atoms with E-state index in [1.165, 1.54) is 25.7 Å². The molecule has 2 bridgehead atoms. The Balaban J connectivity index is 1.55. The summed E-state index contributed by atoms with van der Waals surface area (Å²) in [7, 11) is 0. The molecular weight excluding hydrogens is 212 g/mol. The van der Waals surface area contributed by atoms with Crippen molar-refractivity contribution in [2.24, 2.45) is 17.8 Å². The Labute approximate surface area is 104 Å². The van der Waals surface area contributed by atoms with Gasteiger partial charge in [-0.25, -0.2) is 0 Å². The molecule has 3 unspecified atom stereocenters. The van der Waals surface area contributed by atoms with Crippen LogP contribution in [0.3, 0.4) is 0 Å². The van der Waals surface area contributed by atoms with Crippen LogP contribution in [0.4, 0.5) is 0 Å². The Morgan fingerprint density at radius 3 is 2.59 bits per heavy atom. The molecule has 3 aliphatic rings. The number of amides is 1. The molecule has 3 nitrogen and oxygen atoms in total. The molecule has 3 fully saturated rings. The lowest BCUT2D eigenvalue weighted by Crippen LogP contribution is -2.59. The first-order valence-electron chi connectivity index (χ1n) is 7.28. The van der Waals surface area contributed by atoms with E-state index >= 15 is 0 Å². The van der Waals surface area contributed by atoms with Crippen LogP contribution in [0.25, 0.3) is 0 Å². The highest BCUT2D eigenvalue weighted by Crippen LogP contribution is 2.49. The Kier molecular flexibility index (Phi) is 3.12. The highest BCUT2D eigenvalue weighted by atomic mass is 16.2. The van der Waals surface area contributed by atoms with Gasteiger partial charge < -0.3 is 10.2 Å². The number of nitrogens with zero attached hydrogens (tertiary/aromatic N) is 1. The molecule has 1 heterocycles. The standard InChI is InChI=1S/C14H24N2O/c1-2-16(13-8-15-9-13)14(17)7-12-6-10-3-4-11(12)5-10/h10-13,15H,2-9H2,1H3. The van der Waals surface area contributed by atoms with Gasteiger partial charge in [-0.05, 0) is 43.9 Å². The average Bonchev–Trinajstić information content (AvgIpc) is 2.84. The Hall–Kier alpha value is -0.570. The fraction of sp³-hybridized carbons (Fsp3) is 0.929. The van der Waals surface area contributed by atoms with E-state index in [-0.39, 0.29) is 0 Å². The number of hydrogen-bond acceptors (Lipinski definition) is 2. The molecule has 0 aromatic heterocycles. The normalized spacial score (nSPS) is 35.9. The predicted molar refractivity (Wildman–Crippen MR) is 67.6 cm³/mol. The summed E-state index contributed by atoms with van der Waals surface area (Å²) in [5.41, 5.74) is 0. The SMILES string of the molecule is CCN(C(=O)CC1CC2CCC1C2)C1CNC1. The fourth-order valence-corrected chi connectivity index (χ4v) is 4.10. The summed E-state index contributed by atoms with van der Waals surface area (Å²) in [5.74, 6) is 2.96. The van der Waals surface area contributed by atoms with Crippen LogP contribution in [0.1, 0.15) is 39.0 Å². The van der Waals surface area contributed by atoms with Crippen molar-refractivity contribution in [1.82, 2.24) is 10.2 Å². The maximum Gasteiger partial charge on any atom is 0.223 e. The Bertz CT molecular complexity index is 301. The van der Waals surface area contributed by atoms with Crippen LogP contribution in [0.15, 0.2) is 0 Å². The summed E-state index contributed by atoms with van der Waals surface area (Å²) in [5, 5.41) is 3.26. The number of carbonyl (C=O) groups is 1. The Morgan fingerprint density at radius 2 is 2.12 bits per heavy atom. The maximum absolute atomic E-state index is 12.3. The van der Waals surface area contributed by atoms with Crippen LogP contribution in [0, 0.1) is 17.8 Å².